The van der Waals surface area contributed by atoms with Gasteiger partial charge in [-0.15, -0.1) is 0 Å². The minimum Gasteiger partial charge on any atom is -0.475 e. The van der Waals surface area contributed by atoms with Gasteiger partial charge in [-0.25, -0.2) is 22.4 Å². The highest BCUT2D eigenvalue weighted by atomic mass is 19.2. The summed E-state index contributed by atoms with van der Waals surface area (Å²) in [5.74, 6) is -12.0. The molecule has 1 rings (SSSR count). The Morgan fingerprint density at radius 2 is 1.40 bits per heavy atom. The summed E-state index contributed by atoms with van der Waals surface area (Å²) in [6, 6.07) is -0.122. The van der Waals surface area contributed by atoms with Crippen molar-refractivity contribution in [2.24, 2.45) is 0 Å². The van der Waals surface area contributed by atoms with Crippen molar-refractivity contribution >= 4 is 11.8 Å². The van der Waals surface area contributed by atoms with Gasteiger partial charge in [0.15, 0.2) is 23.3 Å². The molecule has 0 spiro atoms. The van der Waals surface area contributed by atoms with Crippen molar-refractivity contribution in [1.82, 2.24) is 0 Å². The van der Waals surface area contributed by atoms with Crippen molar-refractivity contribution in [3.8, 4) is 0 Å². The van der Waals surface area contributed by atoms with Crippen molar-refractivity contribution in [2.75, 3.05) is 0 Å². The summed E-state index contributed by atoms with van der Waals surface area (Å²) in [5.41, 5.74) is -1.75. The summed E-state index contributed by atoms with van der Waals surface area (Å²) >= 11 is 0. The molecular weight excluding hydrogens is 220 g/mol. The second kappa shape index (κ2) is 3.68. The smallest absolute Gasteiger partial charge is 0.377 e. The van der Waals surface area contributed by atoms with E-state index in [9.17, 15) is 27.2 Å². The number of carboxylic acids is 1. The lowest BCUT2D eigenvalue weighted by Gasteiger charge is -2.02. The molecule has 80 valence electrons. The number of Topliss-reactive ketones (excluding diaryl/α,β-unsaturated/α-hetero) is 1. The van der Waals surface area contributed by atoms with Crippen LogP contribution in [0.1, 0.15) is 10.4 Å². The van der Waals surface area contributed by atoms with E-state index in [1.54, 1.807) is 0 Å². The van der Waals surface area contributed by atoms with Gasteiger partial charge in [-0.3, -0.25) is 4.79 Å². The van der Waals surface area contributed by atoms with Crippen molar-refractivity contribution in [3.05, 3.63) is 34.9 Å². The third-order valence-electron chi connectivity index (χ3n) is 1.53. The molecule has 0 aliphatic carbocycles. The van der Waals surface area contributed by atoms with Crippen LogP contribution in [0.5, 0.6) is 0 Å². The Hall–Kier alpha value is -1.92. The molecule has 0 saturated heterocycles. The van der Waals surface area contributed by atoms with Gasteiger partial charge in [0.05, 0.1) is 0 Å². The van der Waals surface area contributed by atoms with Crippen LogP contribution in [0.3, 0.4) is 0 Å². The summed E-state index contributed by atoms with van der Waals surface area (Å²) in [7, 11) is 0. The predicted molar refractivity (Wildman–Crippen MR) is 38.2 cm³/mol. The average Bonchev–Trinajstić information content (AvgIpc) is 2.15. The lowest BCUT2D eigenvalue weighted by atomic mass is 10.1. The zero-order valence-electron chi connectivity index (χ0n) is 6.85. The van der Waals surface area contributed by atoms with Crippen LogP contribution in [0.15, 0.2) is 6.07 Å². The fraction of sp³-hybridized carbons (Fsp3) is 0. The molecule has 7 heteroatoms. The number of hydrogen-bond donors (Lipinski definition) is 1. The van der Waals surface area contributed by atoms with E-state index < -0.39 is 40.6 Å². The van der Waals surface area contributed by atoms with E-state index in [0.29, 0.717) is 0 Å². The molecule has 15 heavy (non-hydrogen) atoms. The third-order valence-corrected chi connectivity index (χ3v) is 1.53. The van der Waals surface area contributed by atoms with Gasteiger partial charge >= 0.3 is 5.97 Å². The van der Waals surface area contributed by atoms with Crippen LogP contribution in [-0.4, -0.2) is 16.9 Å². The van der Waals surface area contributed by atoms with Crippen LogP contribution in [0.4, 0.5) is 17.6 Å². The maximum Gasteiger partial charge on any atom is 0.377 e. The van der Waals surface area contributed by atoms with Crippen LogP contribution < -0.4 is 0 Å². The summed E-state index contributed by atoms with van der Waals surface area (Å²) in [6.07, 6.45) is 0. The molecule has 1 N–H and O–H groups in total. The van der Waals surface area contributed by atoms with Gasteiger partial charge in [0.2, 0.25) is 0 Å². The highest BCUT2D eigenvalue weighted by Gasteiger charge is 2.28. The van der Waals surface area contributed by atoms with Gasteiger partial charge in [-0.1, -0.05) is 0 Å². The van der Waals surface area contributed by atoms with Crippen LogP contribution in [-0.2, 0) is 4.79 Å². The largest absolute Gasteiger partial charge is 0.475 e. The van der Waals surface area contributed by atoms with E-state index in [1.807, 2.05) is 0 Å². The number of halogens is 4. The van der Waals surface area contributed by atoms with Crippen LogP contribution in [0.25, 0.3) is 0 Å². The number of carboxylic acid groups (broad SMARTS) is 1. The van der Waals surface area contributed by atoms with E-state index in [4.69, 9.17) is 5.11 Å². The molecule has 0 unspecified atom stereocenters. The van der Waals surface area contributed by atoms with Crippen LogP contribution in [0.2, 0.25) is 0 Å². The van der Waals surface area contributed by atoms with E-state index in [-0.39, 0.29) is 6.07 Å². The van der Waals surface area contributed by atoms with Gasteiger partial charge in [0.1, 0.15) is 5.56 Å². The fourth-order valence-corrected chi connectivity index (χ4v) is 0.879. The summed E-state index contributed by atoms with van der Waals surface area (Å²) in [5, 5.41) is 8.14. The van der Waals surface area contributed by atoms with Gasteiger partial charge in [0, 0.05) is 6.07 Å². The molecule has 0 saturated carbocycles. The highest BCUT2D eigenvalue weighted by Crippen LogP contribution is 2.19. The number of carbonyl (C=O) groups excluding carboxylic acids is 1. The van der Waals surface area contributed by atoms with Gasteiger partial charge < -0.3 is 5.11 Å². The first-order valence-electron chi connectivity index (χ1n) is 3.47. The molecule has 0 amide bonds. The molecule has 0 aromatic heterocycles. The van der Waals surface area contributed by atoms with Crippen molar-refractivity contribution in [3.63, 3.8) is 0 Å². The lowest BCUT2D eigenvalue weighted by molar-refractivity contribution is -0.131. The molecule has 0 aliphatic heterocycles. The Morgan fingerprint density at radius 1 is 1.00 bits per heavy atom. The Kier molecular flexibility index (Phi) is 2.74. The number of hydrogen-bond acceptors (Lipinski definition) is 2. The third kappa shape index (κ3) is 1.80. The second-order valence-corrected chi connectivity index (χ2v) is 2.48. The quantitative estimate of drug-likeness (QED) is 0.357. The van der Waals surface area contributed by atoms with Crippen LogP contribution in [0, 0.1) is 23.3 Å². The van der Waals surface area contributed by atoms with Gasteiger partial charge in [0.25, 0.3) is 5.78 Å². The SMILES string of the molecule is O=C(O)C(=O)c1c(F)c(F)cc(F)c1F. The van der Waals surface area contributed by atoms with Crippen molar-refractivity contribution in [2.45, 2.75) is 0 Å². The zero-order valence-corrected chi connectivity index (χ0v) is 6.85. The summed E-state index contributed by atoms with van der Waals surface area (Å²) in [6.45, 7) is 0. The van der Waals surface area contributed by atoms with Gasteiger partial charge in [-0.2, -0.15) is 0 Å². The average molecular weight is 222 g/mol. The van der Waals surface area contributed by atoms with E-state index >= 15 is 0 Å². The molecule has 0 radical (unpaired) electrons. The number of benzene rings is 1. The number of ketones is 1. The van der Waals surface area contributed by atoms with Crippen molar-refractivity contribution < 1.29 is 32.3 Å². The van der Waals surface area contributed by atoms with E-state index in [2.05, 4.69) is 0 Å². The second-order valence-electron chi connectivity index (χ2n) is 2.48. The highest BCUT2D eigenvalue weighted by molar-refractivity contribution is 6.40. The molecule has 0 atom stereocenters. The Balaban J connectivity index is 3.53. The summed E-state index contributed by atoms with van der Waals surface area (Å²) < 4.78 is 50.6. The molecule has 3 nitrogen and oxygen atoms in total. The van der Waals surface area contributed by atoms with E-state index in [0.717, 1.165) is 0 Å². The van der Waals surface area contributed by atoms with Crippen molar-refractivity contribution in [1.29, 1.82) is 0 Å². The molecule has 0 aliphatic rings. The minimum atomic E-state index is -2.21. The molecule has 0 fully saturated rings. The molecule has 1 aromatic carbocycles. The Morgan fingerprint density at radius 3 is 1.73 bits per heavy atom. The predicted octanol–water partition coefficient (Wildman–Crippen LogP) is 1.51. The number of aliphatic carboxylic acids is 1. The molecule has 1 aromatic rings. The lowest BCUT2D eigenvalue weighted by Crippen LogP contribution is -2.18. The maximum absolute atomic E-state index is 12.8. The minimum absolute atomic E-state index is 0.122. The number of rotatable bonds is 2. The topological polar surface area (TPSA) is 54.4 Å². The first-order chi connectivity index (χ1) is 6.86. The Labute approximate surface area is 79.9 Å². The Bertz CT molecular complexity index is 429. The van der Waals surface area contributed by atoms with Crippen LogP contribution >= 0.6 is 0 Å². The molecule has 0 heterocycles. The number of carbonyl (C=O) groups is 2. The molecular formula is C8H2F4O3. The zero-order chi connectivity index (χ0) is 11.7. The standard InChI is InChI=1S/C8H2F4O3/c9-2-1-3(10)6(12)4(5(2)11)7(13)8(14)15/h1H,(H,14,15). The van der Waals surface area contributed by atoms with Gasteiger partial charge in [-0.05, 0) is 0 Å². The van der Waals surface area contributed by atoms with E-state index in [1.165, 1.54) is 0 Å². The maximum atomic E-state index is 12.8. The molecule has 0 bridgehead atoms. The normalized spacial score (nSPS) is 10.1. The first kappa shape index (κ1) is 11.2. The monoisotopic (exact) mass is 222 g/mol. The first-order valence-corrected chi connectivity index (χ1v) is 3.47. The summed E-state index contributed by atoms with van der Waals surface area (Å²) in [4.78, 5) is 20.8. The fourth-order valence-electron chi connectivity index (χ4n) is 0.879.